The number of nitrogens with one attached hydrogen (secondary N) is 1. The van der Waals surface area contributed by atoms with E-state index in [0.717, 1.165) is 24.3 Å². The summed E-state index contributed by atoms with van der Waals surface area (Å²) in [4.78, 5) is 13.4. The minimum atomic E-state index is -4.68. The van der Waals surface area contributed by atoms with Crippen molar-refractivity contribution in [3.63, 3.8) is 0 Å². The molecule has 3 aromatic rings. The third-order valence-corrected chi connectivity index (χ3v) is 7.55. The van der Waals surface area contributed by atoms with Crippen molar-refractivity contribution in [1.29, 1.82) is 0 Å². The van der Waals surface area contributed by atoms with Gasteiger partial charge in [0.25, 0.3) is 10.0 Å². The van der Waals surface area contributed by atoms with Crippen LogP contribution in [0.2, 0.25) is 5.02 Å². The Kier molecular flexibility index (Phi) is 8.28. The van der Waals surface area contributed by atoms with Crippen LogP contribution in [-0.2, 0) is 20.9 Å². The molecule has 0 bridgehead atoms. The van der Waals surface area contributed by atoms with E-state index in [4.69, 9.17) is 21.1 Å². The number of carbonyl (C=O) groups excluding carboxylic acids is 1. The molecule has 0 radical (unpaired) electrons. The molecule has 1 fully saturated rings. The van der Waals surface area contributed by atoms with Crippen molar-refractivity contribution >= 4 is 33.3 Å². The first-order chi connectivity index (χ1) is 18.4. The van der Waals surface area contributed by atoms with Crippen LogP contribution in [0.1, 0.15) is 22.3 Å². The molecule has 13 heteroatoms. The minimum Gasteiger partial charge on any atom is -0.488 e. The van der Waals surface area contributed by atoms with Crippen molar-refractivity contribution < 1.29 is 40.6 Å². The first-order valence-electron chi connectivity index (χ1n) is 11.6. The SMILES string of the molecule is COC(=O)c1cccc(Oc2ccc(S(=O)(=O)Nc3ccc(C(F)(F)F)c(O[C@@H]4CCN(C)C4)c3)cc2Cl)c1. The van der Waals surface area contributed by atoms with Crippen molar-refractivity contribution in [3.05, 3.63) is 76.8 Å². The molecule has 4 rings (SSSR count). The van der Waals surface area contributed by atoms with Crippen LogP contribution < -0.4 is 14.2 Å². The third kappa shape index (κ3) is 6.94. The van der Waals surface area contributed by atoms with Gasteiger partial charge in [-0.05, 0) is 62.0 Å². The van der Waals surface area contributed by atoms with Gasteiger partial charge in [0.15, 0.2) is 0 Å². The van der Waals surface area contributed by atoms with Crippen molar-refractivity contribution in [3.8, 4) is 17.2 Å². The number of rotatable bonds is 8. The summed E-state index contributed by atoms with van der Waals surface area (Å²) in [6.07, 6.45) is -4.59. The summed E-state index contributed by atoms with van der Waals surface area (Å²) in [6, 6.07) is 12.6. The Labute approximate surface area is 228 Å². The number of hydrogen-bond acceptors (Lipinski definition) is 7. The van der Waals surface area contributed by atoms with Gasteiger partial charge in [-0.2, -0.15) is 13.2 Å². The molecule has 1 saturated heterocycles. The number of benzene rings is 3. The average Bonchev–Trinajstić information content (AvgIpc) is 3.28. The minimum absolute atomic E-state index is 0.0526. The molecule has 0 aromatic heterocycles. The molecular weight excluding hydrogens is 561 g/mol. The number of ether oxygens (including phenoxy) is 3. The first-order valence-corrected chi connectivity index (χ1v) is 13.5. The standard InChI is InChI=1S/C26H24ClF3N2O6S/c1-32-11-10-19(15-32)38-24-13-17(6-8-21(24)26(28,29)30)31-39(34,35)20-7-9-23(22(27)14-20)37-18-5-3-4-16(12-18)25(33)36-2/h3-9,12-14,19,31H,10-11,15H2,1-2H3/t19-/m1/s1. The van der Waals surface area contributed by atoms with E-state index >= 15 is 0 Å². The van der Waals surface area contributed by atoms with Gasteiger partial charge in [0.05, 0.1) is 33.8 Å². The monoisotopic (exact) mass is 584 g/mol. The Hall–Kier alpha value is -3.48. The molecule has 0 spiro atoms. The number of esters is 1. The Bertz CT molecular complexity index is 1480. The fraction of sp³-hybridized carbons (Fsp3) is 0.269. The topological polar surface area (TPSA) is 94.2 Å². The molecule has 1 aliphatic rings. The van der Waals surface area contributed by atoms with E-state index in [0.29, 0.717) is 19.5 Å². The van der Waals surface area contributed by atoms with Crippen LogP contribution in [0.15, 0.2) is 65.6 Å². The second kappa shape index (κ2) is 11.3. The summed E-state index contributed by atoms with van der Waals surface area (Å²) in [7, 11) is -1.17. The molecule has 208 valence electrons. The number of sulfonamides is 1. The lowest BCUT2D eigenvalue weighted by Crippen LogP contribution is -2.23. The lowest BCUT2D eigenvalue weighted by atomic mass is 10.1. The maximum absolute atomic E-state index is 13.6. The molecular formula is C26H24ClF3N2O6S. The summed E-state index contributed by atoms with van der Waals surface area (Å²) in [6.45, 7) is 1.13. The fourth-order valence-electron chi connectivity index (χ4n) is 3.96. The lowest BCUT2D eigenvalue weighted by Gasteiger charge is -2.19. The summed E-state index contributed by atoms with van der Waals surface area (Å²) in [5.41, 5.74) is -0.865. The number of hydrogen-bond donors (Lipinski definition) is 1. The van der Waals surface area contributed by atoms with Gasteiger partial charge < -0.3 is 19.1 Å². The molecule has 1 N–H and O–H groups in total. The van der Waals surface area contributed by atoms with Crippen LogP contribution in [0, 0.1) is 0 Å². The quantitative estimate of drug-likeness (QED) is 0.333. The molecule has 1 aliphatic heterocycles. The van der Waals surface area contributed by atoms with Gasteiger partial charge in [-0.3, -0.25) is 4.72 Å². The second-order valence-corrected chi connectivity index (χ2v) is 10.9. The van der Waals surface area contributed by atoms with Crippen LogP contribution >= 0.6 is 11.6 Å². The number of likely N-dealkylation sites (N-methyl/N-ethyl adjacent to an activating group) is 1. The molecule has 1 atom stereocenters. The van der Waals surface area contributed by atoms with Crippen LogP contribution in [0.5, 0.6) is 17.2 Å². The van der Waals surface area contributed by atoms with Crippen molar-refractivity contribution in [1.82, 2.24) is 4.90 Å². The third-order valence-electron chi connectivity index (χ3n) is 5.88. The van der Waals surface area contributed by atoms with Gasteiger partial charge in [0.2, 0.25) is 0 Å². The highest BCUT2D eigenvalue weighted by Crippen LogP contribution is 2.39. The zero-order valence-electron chi connectivity index (χ0n) is 20.8. The van der Waals surface area contributed by atoms with Gasteiger partial charge >= 0.3 is 12.1 Å². The number of carbonyl (C=O) groups is 1. The van der Waals surface area contributed by atoms with Crippen molar-refractivity contribution in [2.45, 2.75) is 23.6 Å². The molecule has 3 aromatic carbocycles. The van der Waals surface area contributed by atoms with E-state index in [9.17, 15) is 26.4 Å². The van der Waals surface area contributed by atoms with E-state index in [-0.39, 0.29) is 32.7 Å². The van der Waals surface area contributed by atoms with Crippen LogP contribution in [0.4, 0.5) is 18.9 Å². The van der Waals surface area contributed by atoms with Crippen LogP contribution in [0.25, 0.3) is 0 Å². The normalized spacial score (nSPS) is 16.1. The second-order valence-electron chi connectivity index (χ2n) is 8.82. The maximum Gasteiger partial charge on any atom is 0.419 e. The molecule has 0 saturated carbocycles. The molecule has 39 heavy (non-hydrogen) atoms. The maximum atomic E-state index is 13.6. The molecule has 0 aliphatic carbocycles. The predicted molar refractivity (Wildman–Crippen MR) is 138 cm³/mol. The largest absolute Gasteiger partial charge is 0.488 e. The number of likely N-dealkylation sites (tertiary alicyclic amines) is 1. The highest BCUT2D eigenvalue weighted by atomic mass is 35.5. The summed E-state index contributed by atoms with van der Waals surface area (Å²) < 4.78 is 85.0. The summed E-state index contributed by atoms with van der Waals surface area (Å²) in [5.74, 6) is -0.644. The highest BCUT2D eigenvalue weighted by molar-refractivity contribution is 7.92. The zero-order chi connectivity index (χ0) is 28.4. The lowest BCUT2D eigenvalue weighted by molar-refractivity contribution is -0.139. The number of nitrogens with zero attached hydrogens (tertiary/aromatic N) is 1. The van der Waals surface area contributed by atoms with Gasteiger partial charge in [-0.25, -0.2) is 13.2 Å². The van der Waals surface area contributed by atoms with E-state index in [1.807, 2.05) is 11.9 Å². The zero-order valence-corrected chi connectivity index (χ0v) is 22.4. The van der Waals surface area contributed by atoms with Crippen LogP contribution in [-0.4, -0.2) is 52.6 Å². The first kappa shape index (κ1) is 28.5. The Morgan fingerprint density at radius 1 is 1.08 bits per heavy atom. The van der Waals surface area contributed by atoms with E-state index in [2.05, 4.69) is 9.46 Å². The molecule has 8 nitrogen and oxygen atoms in total. The van der Waals surface area contributed by atoms with Gasteiger partial charge in [0, 0.05) is 19.2 Å². The van der Waals surface area contributed by atoms with Gasteiger partial charge in [-0.1, -0.05) is 17.7 Å². The molecule has 1 heterocycles. The van der Waals surface area contributed by atoms with Gasteiger partial charge in [-0.15, -0.1) is 0 Å². The number of halogens is 4. The Morgan fingerprint density at radius 2 is 1.85 bits per heavy atom. The summed E-state index contributed by atoms with van der Waals surface area (Å²) in [5, 5.41) is -0.0526. The molecule has 0 amide bonds. The number of anilines is 1. The van der Waals surface area contributed by atoms with E-state index in [1.165, 1.54) is 31.4 Å². The Balaban J connectivity index is 1.55. The van der Waals surface area contributed by atoms with E-state index in [1.54, 1.807) is 12.1 Å². The predicted octanol–water partition coefficient (Wildman–Crippen LogP) is 5.82. The molecule has 0 unspecified atom stereocenters. The smallest absolute Gasteiger partial charge is 0.419 e. The fourth-order valence-corrected chi connectivity index (χ4v) is 5.32. The summed E-state index contributed by atoms with van der Waals surface area (Å²) >= 11 is 6.26. The van der Waals surface area contributed by atoms with Crippen LogP contribution in [0.3, 0.4) is 0 Å². The van der Waals surface area contributed by atoms with Crippen molar-refractivity contribution in [2.75, 3.05) is 32.0 Å². The Morgan fingerprint density at radius 3 is 2.49 bits per heavy atom. The number of alkyl halides is 3. The average molecular weight is 585 g/mol. The van der Waals surface area contributed by atoms with Crippen molar-refractivity contribution in [2.24, 2.45) is 0 Å². The highest BCUT2D eigenvalue weighted by Gasteiger charge is 2.36. The van der Waals surface area contributed by atoms with Gasteiger partial charge in [0.1, 0.15) is 23.4 Å². The number of methoxy groups -OCH3 is 1. The van der Waals surface area contributed by atoms with E-state index < -0.39 is 39.6 Å².